The van der Waals surface area contributed by atoms with Gasteiger partial charge in [0, 0.05) is 30.0 Å². The molecule has 0 bridgehead atoms. The first-order chi connectivity index (χ1) is 12.0. The normalized spacial score (nSPS) is 17.0. The molecule has 1 aliphatic rings. The predicted octanol–water partition coefficient (Wildman–Crippen LogP) is 5.29. The van der Waals surface area contributed by atoms with Gasteiger partial charge in [-0.05, 0) is 40.2 Å². The fourth-order valence-corrected chi connectivity index (χ4v) is 4.13. The molecule has 0 radical (unpaired) electrons. The standard InChI is InChI=1S/C17H16BrClFN3OS/c18-14-11(7-12(21)17(20)3-4-17)24-16-10(6-13(19)23-15(14)16)22-8-9-2-1-5-25-9/h1-2,5-6,12H,3-4,7-8,21H2,(H,22,23)/t12-/m1/s1. The molecule has 1 aliphatic carbocycles. The number of thiophene rings is 1. The Bertz CT molecular complexity index is 910. The van der Waals surface area contributed by atoms with Crippen LogP contribution in [0.15, 0.2) is 32.5 Å². The molecule has 1 atom stereocenters. The Hall–Kier alpha value is -1.15. The third-order valence-corrected chi connectivity index (χ3v) is 6.34. The number of aromatic nitrogens is 1. The molecule has 8 heteroatoms. The molecule has 0 aliphatic heterocycles. The zero-order valence-electron chi connectivity index (χ0n) is 13.2. The van der Waals surface area contributed by atoms with Gasteiger partial charge >= 0.3 is 0 Å². The second kappa shape index (κ2) is 6.54. The summed E-state index contributed by atoms with van der Waals surface area (Å²) in [6.07, 6.45) is 1.35. The quantitative estimate of drug-likeness (QED) is 0.507. The van der Waals surface area contributed by atoms with Crippen molar-refractivity contribution in [2.45, 2.75) is 37.5 Å². The van der Waals surface area contributed by atoms with Crippen molar-refractivity contribution in [3.05, 3.63) is 43.8 Å². The summed E-state index contributed by atoms with van der Waals surface area (Å²) in [4.78, 5) is 5.54. The van der Waals surface area contributed by atoms with Gasteiger partial charge in [0.25, 0.3) is 0 Å². The van der Waals surface area contributed by atoms with Crippen molar-refractivity contribution >= 4 is 55.7 Å². The summed E-state index contributed by atoms with van der Waals surface area (Å²) in [7, 11) is 0. The van der Waals surface area contributed by atoms with Crippen LogP contribution in [0.4, 0.5) is 10.1 Å². The number of fused-ring (bicyclic) bond motifs is 1. The van der Waals surface area contributed by atoms with Gasteiger partial charge in [-0.25, -0.2) is 9.37 Å². The molecule has 3 heterocycles. The number of nitrogens with two attached hydrogens (primary N) is 1. The van der Waals surface area contributed by atoms with E-state index in [1.54, 1.807) is 17.4 Å². The maximum Gasteiger partial charge on any atom is 0.177 e. The second-order valence-electron chi connectivity index (χ2n) is 6.29. The van der Waals surface area contributed by atoms with Crippen molar-refractivity contribution in [1.82, 2.24) is 4.98 Å². The van der Waals surface area contributed by atoms with E-state index in [9.17, 15) is 4.39 Å². The SMILES string of the molecule is N[C@H](Cc1oc2c(NCc3cccs3)cc(Cl)nc2c1Br)C1(F)CC1. The smallest absolute Gasteiger partial charge is 0.177 e. The van der Waals surface area contributed by atoms with Crippen molar-refractivity contribution in [2.75, 3.05) is 5.32 Å². The average molecular weight is 445 g/mol. The summed E-state index contributed by atoms with van der Waals surface area (Å²) in [5.74, 6) is 0.598. The van der Waals surface area contributed by atoms with Crippen LogP contribution in [0.1, 0.15) is 23.5 Å². The van der Waals surface area contributed by atoms with E-state index in [1.807, 2.05) is 11.4 Å². The number of furan rings is 1. The lowest BCUT2D eigenvalue weighted by atomic mass is 10.1. The lowest BCUT2D eigenvalue weighted by molar-refractivity contribution is 0.248. The number of alkyl halides is 1. The summed E-state index contributed by atoms with van der Waals surface area (Å²) < 4.78 is 20.8. The van der Waals surface area contributed by atoms with E-state index in [-0.39, 0.29) is 0 Å². The first-order valence-corrected chi connectivity index (χ1v) is 9.99. The van der Waals surface area contributed by atoms with E-state index >= 15 is 0 Å². The lowest BCUT2D eigenvalue weighted by Crippen LogP contribution is -2.35. The fraction of sp³-hybridized carbons (Fsp3) is 0.353. The minimum Gasteiger partial charge on any atom is -0.456 e. The van der Waals surface area contributed by atoms with Crippen LogP contribution in [0.5, 0.6) is 0 Å². The Morgan fingerprint density at radius 1 is 1.52 bits per heavy atom. The molecule has 1 saturated carbocycles. The minimum absolute atomic E-state index is 0.315. The van der Waals surface area contributed by atoms with Crippen LogP contribution in [0, 0.1) is 0 Å². The zero-order valence-corrected chi connectivity index (χ0v) is 16.3. The van der Waals surface area contributed by atoms with Gasteiger partial charge < -0.3 is 15.5 Å². The predicted molar refractivity (Wildman–Crippen MR) is 103 cm³/mol. The van der Waals surface area contributed by atoms with Gasteiger partial charge in [0.1, 0.15) is 22.1 Å². The molecule has 4 rings (SSSR count). The largest absolute Gasteiger partial charge is 0.456 e. The lowest BCUT2D eigenvalue weighted by Gasteiger charge is -2.13. The molecule has 1 fully saturated rings. The van der Waals surface area contributed by atoms with Crippen molar-refractivity contribution in [1.29, 1.82) is 0 Å². The molecule has 3 aromatic heterocycles. The number of halogens is 3. The van der Waals surface area contributed by atoms with Crippen molar-refractivity contribution in [2.24, 2.45) is 5.73 Å². The first kappa shape index (κ1) is 17.3. The van der Waals surface area contributed by atoms with E-state index in [2.05, 4.69) is 32.3 Å². The Balaban J connectivity index is 1.65. The van der Waals surface area contributed by atoms with E-state index in [4.69, 9.17) is 21.8 Å². The van der Waals surface area contributed by atoms with Crippen LogP contribution in [-0.2, 0) is 13.0 Å². The third kappa shape index (κ3) is 3.43. The highest BCUT2D eigenvalue weighted by Crippen LogP contribution is 2.44. The molecule has 132 valence electrons. The number of pyridine rings is 1. The summed E-state index contributed by atoms with van der Waals surface area (Å²) in [6.45, 7) is 0.661. The molecule has 0 spiro atoms. The number of nitrogens with one attached hydrogen (secondary N) is 1. The molecule has 0 saturated heterocycles. The van der Waals surface area contributed by atoms with Gasteiger partial charge in [0.2, 0.25) is 0 Å². The second-order valence-corrected chi connectivity index (χ2v) is 8.50. The monoisotopic (exact) mass is 443 g/mol. The molecule has 25 heavy (non-hydrogen) atoms. The molecule has 3 N–H and O–H groups in total. The highest BCUT2D eigenvalue weighted by molar-refractivity contribution is 9.10. The van der Waals surface area contributed by atoms with Gasteiger partial charge in [-0.15, -0.1) is 11.3 Å². The molecular formula is C17H16BrClFN3OS. The summed E-state index contributed by atoms with van der Waals surface area (Å²) >= 11 is 11.3. The molecule has 0 aromatic carbocycles. The number of hydrogen-bond acceptors (Lipinski definition) is 5. The van der Waals surface area contributed by atoms with E-state index in [1.165, 1.54) is 4.88 Å². The van der Waals surface area contributed by atoms with Gasteiger partial charge in [-0.2, -0.15) is 0 Å². The van der Waals surface area contributed by atoms with E-state index in [0.717, 1.165) is 5.69 Å². The zero-order chi connectivity index (χ0) is 17.6. The molecule has 3 aromatic rings. The Labute approximate surface area is 161 Å². The van der Waals surface area contributed by atoms with Crippen LogP contribution in [0.3, 0.4) is 0 Å². The Kier molecular flexibility index (Phi) is 4.52. The summed E-state index contributed by atoms with van der Waals surface area (Å²) in [6, 6.07) is 5.21. The first-order valence-electron chi connectivity index (χ1n) is 7.94. The molecular weight excluding hydrogens is 429 g/mol. The van der Waals surface area contributed by atoms with Crippen LogP contribution < -0.4 is 11.1 Å². The van der Waals surface area contributed by atoms with E-state index in [0.29, 0.717) is 52.3 Å². The molecule has 0 amide bonds. The Morgan fingerprint density at radius 3 is 3.00 bits per heavy atom. The summed E-state index contributed by atoms with van der Waals surface area (Å²) in [5.41, 5.74) is 6.72. The van der Waals surface area contributed by atoms with E-state index < -0.39 is 11.7 Å². The number of anilines is 1. The number of nitrogens with zero attached hydrogens (tertiary/aromatic N) is 1. The molecule has 4 nitrogen and oxygen atoms in total. The van der Waals surface area contributed by atoms with Crippen molar-refractivity contribution in [3.8, 4) is 0 Å². The maximum atomic E-state index is 14.2. The topological polar surface area (TPSA) is 64.1 Å². The van der Waals surface area contributed by atoms with Crippen LogP contribution in [-0.4, -0.2) is 16.7 Å². The number of hydrogen-bond donors (Lipinski definition) is 2. The van der Waals surface area contributed by atoms with Crippen molar-refractivity contribution in [3.63, 3.8) is 0 Å². The van der Waals surface area contributed by atoms with Crippen LogP contribution >= 0.6 is 38.9 Å². The van der Waals surface area contributed by atoms with Gasteiger partial charge in [-0.3, -0.25) is 0 Å². The van der Waals surface area contributed by atoms with Crippen molar-refractivity contribution < 1.29 is 8.81 Å². The highest BCUT2D eigenvalue weighted by atomic mass is 79.9. The van der Waals surface area contributed by atoms with Crippen LogP contribution in [0.2, 0.25) is 5.15 Å². The molecule has 0 unspecified atom stereocenters. The fourth-order valence-electron chi connectivity index (χ4n) is 2.79. The summed E-state index contributed by atoms with van der Waals surface area (Å²) in [5, 5.41) is 5.72. The number of rotatable bonds is 6. The third-order valence-electron chi connectivity index (χ3n) is 4.45. The maximum absolute atomic E-state index is 14.2. The van der Waals surface area contributed by atoms with Crippen LogP contribution in [0.25, 0.3) is 11.1 Å². The Morgan fingerprint density at radius 2 is 2.32 bits per heavy atom. The van der Waals surface area contributed by atoms with Gasteiger partial charge in [0.05, 0.1) is 10.2 Å². The minimum atomic E-state index is -1.26. The average Bonchev–Trinajstić information content (AvgIpc) is 3.01. The van der Waals surface area contributed by atoms with Gasteiger partial charge in [-0.1, -0.05) is 17.7 Å². The van der Waals surface area contributed by atoms with Gasteiger partial charge in [0.15, 0.2) is 5.58 Å². The highest BCUT2D eigenvalue weighted by Gasteiger charge is 2.49.